The van der Waals surface area contributed by atoms with E-state index in [1.54, 1.807) is 0 Å². The normalized spacial score (nSPS) is 12.3. The minimum atomic E-state index is -0.751. The molecule has 0 aromatic rings. The lowest BCUT2D eigenvalue weighted by Gasteiger charge is -1.99. The van der Waals surface area contributed by atoms with Crippen LogP contribution in [0, 0.1) is 0 Å². The van der Waals surface area contributed by atoms with Crippen LogP contribution >= 0.6 is 0 Å². The fourth-order valence-electron chi connectivity index (χ4n) is 0.980. The molecule has 0 aliphatic heterocycles. The van der Waals surface area contributed by atoms with E-state index >= 15 is 0 Å². The van der Waals surface area contributed by atoms with Gasteiger partial charge in [-0.05, 0) is 19.8 Å². The lowest BCUT2D eigenvalue weighted by molar-refractivity contribution is -0.136. The molecule has 2 nitrogen and oxygen atoms in total. The molecule has 0 spiro atoms. The highest BCUT2D eigenvalue weighted by Gasteiger charge is 2.00. The van der Waals surface area contributed by atoms with Gasteiger partial charge in [0.1, 0.15) is 0 Å². The zero-order valence-corrected chi connectivity index (χ0v) is 7.71. The first-order valence-corrected chi connectivity index (χ1v) is 4.21. The molecule has 0 aliphatic rings. The molecule has 0 saturated carbocycles. The van der Waals surface area contributed by atoms with Crippen LogP contribution in [0.15, 0.2) is 23.8 Å². The lowest BCUT2D eigenvalue weighted by Crippen LogP contribution is -1.96. The molecular formula is C10H16O2. The van der Waals surface area contributed by atoms with Crippen molar-refractivity contribution < 1.29 is 9.90 Å². The highest BCUT2D eigenvalue weighted by Crippen LogP contribution is 2.08. The zero-order valence-electron chi connectivity index (χ0n) is 7.71. The maximum Gasteiger partial charge on any atom is 0.307 e. The summed E-state index contributed by atoms with van der Waals surface area (Å²) < 4.78 is 0. The quantitative estimate of drug-likeness (QED) is 0.641. The monoisotopic (exact) mass is 168 g/mol. The largest absolute Gasteiger partial charge is 0.481 e. The van der Waals surface area contributed by atoms with Crippen molar-refractivity contribution in [3.8, 4) is 0 Å². The fraction of sp³-hybridized carbons (Fsp3) is 0.500. The van der Waals surface area contributed by atoms with Gasteiger partial charge < -0.3 is 5.11 Å². The zero-order chi connectivity index (χ0) is 9.40. The third kappa shape index (κ3) is 5.71. The van der Waals surface area contributed by atoms with Gasteiger partial charge in [-0.2, -0.15) is 0 Å². The van der Waals surface area contributed by atoms with Gasteiger partial charge in [-0.1, -0.05) is 30.7 Å². The molecule has 0 fully saturated rings. The van der Waals surface area contributed by atoms with Gasteiger partial charge in [0.25, 0.3) is 0 Å². The van der Waals surface area contributed by atoms with Crippen molar-refractivity contribution in [1.29, 1.82) is 0 Å². The number of carboxylic acid groups (broad SMARTS) is 1. The molecule has 0 aliphatic carbocycles. The molecule has 0 bridgehead atoms. The van der Waals surface area contributed by atoms with Gasteiger partial charge in [0.05, 0.1) is 6.42 Å². The Hall–Kier alpha value is -1.05. The summed E-state index contributed by atoms with van der Waals surface area (Å²) in [6.07, 6.45) is 7.72. The van der Waals surface area contributed by atoms with Crippen LogP contribution in [0.2, 0.25) is 0 Å². The lowest BCUT2D eigenvalue weighted by atomic mass is 10.1. The van der Waals surface area contributed by atoms with Crippen molar-refractivity contribution in [3.63, 3.8) is 0 Å². The van der Waals surface area contributed by atoms with Crippen molar-refractivity contribution in [2.45, 2.75) is 33.1 Å². The summed E-state index contributed by atoms with van der Waals surface area (Å²) >= 11 is 0. The Morgan fingerprint density at radius 1 is 1.50 bits per heavy atom. The van der Waals surface area contributed by atoms with E-state index in [1.807, 2.05) is 32.1 Å². The Balaban J connectivity index is 4.04. The van der Waals surface area contributed by atoms with Crippen LogP contribution in [0.1, 0.15) is 33.1 Å². The number of rotatable bonds is 5. The van der Waals surface area contributed by atoms with Crippen molar-refractivity contribution in [1.82, 2.24) is 0 Å². The highest BCUT2D eigenvalue weighted by molar-refractivity contribution is 5.70. The molecule has 68 valence electrons. The highest BCUT2D eigenvalue weighted by atomic mass is 16.4. The van der Waals surface area contributed by atoms with E-state index in [4.69, 9.17) is 5.11 Å². The summed E-state index contributed by atoms with van der Waals surface area (Å²) in [6, 6.07) is 0. The third-order valence-electron chi connectivity index (χ3n) is 1.49. The molecule has 0 rings (SSSR count). The van der Waals surface area contributed by atoms with E-state index < -0.39 is 5.97 Å². The average Bonchev–Trinajstić information content (AvgIpc) is 2.00. The topological polar surface area (TPSA) is 37.3 Å². The van der Waals surface area contributed by atoms with Crippen LogP contribution in [0.25, 0.3) is 0 Å². The second kappa shape index (κ2) is 6.65. The molecular weight excluding hydrogens is 152 g/mol. The Morgan fingerprint density at radius 3 is 2.58 bits per heavy atom. The number of hydrogen-bond donors (Lipinski definition) is 1. The van der Waals surface area contributed by atoms with E-state index in [2.05, 4.69) is 0 Å². The molecule has 0 aromatic carbocycles. The maximum atomic E-state index is 10.4. The number of carbonyl (C=O) groups is 1. The summed E-state index contributed by atoms with van der Waals surface area (Å²) in [5, 5.41) is 8.54. The van der Waals surface area contributed by atoms with Gasteiger partial charge >= 0.3 is 5.97 Å². The Labute approximate surface area is 73.6 Å². The first-order valence-electron chi connectivity index (χ1n) is 4.21. The van der Waals surface area contributed by atoms with Gasteiger partial charge in [0, 0.05) is 0 Å². The second-order valence-corrected chi connectivity index (χ2v) is 2.61. The molecule has 0 saturated heterocycles. The standard InChI is InChI=1S/C10H16O2/c1-3-5-7-9(6-4-2)8-10(11)12/h3,5-6H,4,7-8H2,1-2H3,(H,11,12)/b5-3-,9-6+. The maximum absolute atomic E-state index is 10.4. The van der Waals surface area contributed by atoms with Crippen LogP contribution < -0.4 is 0 Å². The minimum absolute atomic E-state index is 0.165. The number of carboxylic acids is 1. The van der Waals surface area contributed by atoms with Crippen molar-refractivity contribution in [3.05, 3.63) is 23.8 Å². The number of hydrogen-bond acceptors (Lipinski definition) is 1. The number of aliphatic carboxylic acids is 1. The van der Waals surface area contributed by atoms with Gasteiger partial charge in [-0.15, -0.1) is 0 Å². The smallest absolute Gasteiger partial charge is 0.307 e. The first-order chi connectivity index (χ1) is 5.70. The molecule has 0 radical (unpaired) electrons. The van der Waals surface area contributed by atoms with Crippen molar-refractivity contribution in [2.75, 3.05) is 0 Å². The van der Waals surface area contributed by atoms with Gasteiger partial charge in [-0.25, -0.2) is 0 Å². The number of allylic oxidation sites excluding steroid dienone is 3. The fourth-order valence-corrected chi connectivity index (χ4v) is 0.980. The Morgan fingerprint density at radius 2 is 2.17 bits per heavy atom. The molecule has 0 aromatic heterocycles. The summed E-state index contributed by atoms with van der Waals surface area (Å²) in [5.74, 6) is -0.751. The van der Waals surface area contributed by atoms with E-state index in [1.165, 1.54) is 0 Å². The van der Waals surface area contributed by atoms with Gasteiger partial charge in [0.2, 0.25) is 0 Å². The van der Waals surface area contributed by atoms with E-state index in [0.29, 0.717) is 0 Å². The molecule has 0 amide bonds. The van der Waals surface area contributed by atoms with E-state index in [-0.39, 0.29) is 6.42 Å². The van der Waals surface area contributed by atoms with Crippen molar-refractivity contribution in [2.24, 2.45) is 0 Å². The summed E-state index contributed by atoms with van der Waals surface area (Å²) in [7, 11) is 0. The summed E-state index contributed by atoms with van der Waals surface area (Å²) in [4.78, 5) is 10.4. The predicted octanol–water partition coefficient (Wildman–Crippen LogP) is 2.76. The molecule has 0 heterocycles. The third-order valence-corrected chi connectivity index (χ3v) is 1.49. The Kier molecular flexibility index (Phi) is 6.07. The van der Waals surface area contributed by atoms with Crippen LogP contribution in [0.3, 0.4) is 0 Å². The van der Waals surface area contributed by atoms with Crippen LogP contribution in [-0.4, -0.2) is 11.1 Å². The van der Waals surface area contributed by atoms with Gasteiger partial charge in [-0.3, -0.25) is 4.79 Å². The molecule has 2 heteroatoms. The SMILES string of the molecule is C/C=C\C/C(=C\CC)CC(=O)O. The summed E-state index contributed by atoms with van der Waals surface area (Å²) in [5.41, 5.74) is 0.989. The molecule has 0 unspecified atom stereocenters. The molecule has 0 atom stereocenters. The second-order valence-electron chi connectivity index (χ2n) is 2.61. The summed E-state index contributed by atoms with van der Waals surface area (Å²) in [6.45, 7) is 3.95. The van der Waals surface area contributed by atoms with Gasteiger partial charge in [0.15, 0.2) is 0 Å². The van der Waals surface area contributed by atoms with Crippen LogP contribution in [0.4, 0.5) is 0 Å². The van der Waals surface area contributed by atoms with E-state index in [0.717, 1.165) is 18.4 Å². The van der Waals surface area contributed by atoms with Crippen molar-refractivity contribution >= 4 is 5.97 Å². The Bertz CT molecular complexity index is 190. The minimum Gasteiger partial charge on any atom is -0.481 e. The average molecular weight is 168 g/mol. The molecule has 12 heavy (non-hydrogen) atoms. The van der Waals surface area contributed by atoms with Crippen LogP contribution in [0.5, 0.6) is 0 Å². The van der Waals surface area contributed by atoms with E-state index in [9.17, 15) is 4.79 Å². The first kappa shape index (κ1) is 11.0. The predicted molar refractivity (Wildman–Crippen MR) is 50.1 cm³/mol. The molecule has 1 N–H and O–H groups in total. The van der Waals surface area contributed by atoms with Crippen LogP contribution in [-0.2, 0) is 4.79 Å².